The molecule has 3 rings (SSSR count). The molecule has 1 N–H and O–H groups in total. The Bertz CT molecular complexity index is 550. The van der Waals surface area contributed by atoms with E-state index in [2.05, 4.69) is 27.1 Å². The van der Waals surface area contributed by atoms with Gasteiger partial charge in [-0.05, 0) is 38.0 Å². The van der Waals surface area contributed by atoms with Crippen molar-refractivity contribution in [2.75, 3.05) is 18.0 Å². The number of amides is 1. The van der Waals surface area contributed by atoms with Crippen LogP contribution in [-0.2, 0) is 4.79 Å². The Balaban J connectivity index is 1.56. The second kappa shape index (κ2) is 6.63. The van der Waals surface area contributed by atoms with Gasteiger partial charge in [-0.15, -0.1) is 0 Å². The molecule has 1 atom stereocenters. The Morgan fingerprint density at radius 3 is 2.52 bits per heavy atom. The van der Waals surface area contributed by atoms with Crippen molar-refractivity contribution in [1.29, 1.82) is 0 Å². The Morgan fingerprint density at radius 1 is 1.39 bits per heavy atom. The van der Waals surface area contributed by atoms with Gasteiger partial charge < -0.3 is 10.2 Å². The van der Waals surface area contributed by atoms with E-state index < -0.39 is 0 Å². The number of hydrogen-bond donors (Lipinski definition) is 1. The Morgan fingerprint density at radius 2 is 2.00 bits per heavy atom. The summed E-state index contributed by atoms with van der Waals surface area (Å²) >= 11 is 5.84. The number of anilines is 1. The summed E-state index contributed by atoms with van der Waals surface area (Å²) in [5.41, 5.74) is 0.0630. The van der Waals surface area contributed by atoms with Crippen molar-refractivity contribution in [3.8, 4) is 0 Å². The fraction of sp³-hybridized carbons (Fsp3) is 0.706. The minimum absolute atomic E-state index is 0.0630. The highest BCUT2D eigenvalue weighted by atomic mass is 35.5. The molecule has 1 saturated carbocycles. The molecule has 2 aliphatic rings. The van der Waals surface area contributed by atoms with Crippen LogP contribution in [0.15, 0.2) is 12.4 Å². The van der Waals surface area contributed by atoms with Crippen LogP contribution in [0, 0.1) is 11.8 Å². The van der Waals surface area contributed by atoms with E-state index >= 15 is 0 Å². The van der Waals surface area contributed by atoms with E-state index in [9.17, 15) is 4.79 Å². The van der Waals surface area contributed by atoms with E-state index in [-0.39, 0.29) is 17.4 Å². The van der Waals surface area contributed by atoms with E-state index in [4.69, 9.17) is 11.6 Å². The van der Waals surface area contributed by atoms with Crippen LogP contribution >= 0.6 is 11.6 Å². The first-order chi connectivity index (χ1) is 11.0. The summed E-state index contributed by atoms with van der Waals surface area (Å²) in [5, 5.41) is 3.91. The van der Waals surface area contributed by atoms with E-state index in [1.165, 1.54) is 0 Å². The quantitative estimate of drug-likeness (QED) is 0.897. The van der Waals surface area contributed by atoms with Gasteiger partial charge in [0, 0.05) is 24.5 Å². The van der Waals surface area contributed by atoms with E-state index in [0.29, 0.717) is 10.9 Å². The highest BCUT2D eigenvalue weighted by Gasteiger charge is 2.51. The second-order valence-electron chi connectivity index (χ2n) is 6.92. The number of carbonyl (C=O) groups excluding carboxylic acids is 1. The number of nitrogens with one attached hydrogen (secondary N) is 1. The summed E-state index contributed by atoms with van der Waals surface area (Å²) in [6.07, 6.45) is 8.58. The Kier molecular flexibility index (Phi) is 4.76. The fourth-order valence-electron chi connectivity index (χ4n) is 3.42. The SMILES string of the molecule is CCC(C)C(=O)NC1(C2CCN(c3ncc(Cl)cn3)CC2)CC1. The van der Waals surface area contributed by atoms with Crippen molar-refractivity contribution in [1.82, 2.24) is 15.3 Å². The monoisotopic (exact) mass is 336 g/mol. The molecule has 0 bridgehead atoms. The lowest BCUT2D eigenvalue weighted by molar-refractivity contribution is -0.126. The van der Waals surface area contributed by atoms with Gasteiger partial charge in [0.25, 0.3) is 0 Å². The van der Waals surface area contributed by atoms with Gasteiger partial charge in [-0.3, -0.25) is 4.79 Å². The average Bonchev–Trinajstić information content (AvgIpc) is 3.35. The van der Waals surface area contributed by atoms with Gasteiger partial charge in [0.1, 0.15) is 0 Å². The average molecular weight is 337 g/mol. The molecular formula is C17H25ClN4O. The minimum Gasteiger partial charge on any atom is -0.350 e. The number of nitrogens with zero attached hydrogens (tertiary/aromatic N) is 3. The van der Waals surface area contributed by atoms with Crippen LogP contribution in [0.1, 0.15) is 46.0 Å². The van der Waals surface area contributed by atoms with Crippen molar-refractivity contribution < 1.29 is 4.79 Å². The van der Waals surface area contributed by atoms with Gasteiger partial charge in [-0.1, -0.05) is 25.4 Å². The number of hydrogen-bond acceptors (Lipinski definition) is 4. The van der Waals surface area contributed by atoms with Crippen molar-refractivity contribution in [2.24, 2.45) is 11.8 Å². The van der Waals surface area contributed by atoms with Gasteiger partial charge in [-0.2, -0.15) is 0 Å². The third-order valence-electron chi connectivity index (χ3n) is 5.39. The molecule has 0 spiro atoms. The lowest BCUT2D eigenvalue weighted by Crippen LogP contribution is -2.48. The summed E-state index contributed by atoms with van der Waals surface area (Å²) < 4.78 is 0. The third kappa shape index (κ3) is 3.60. The first-order valence-electron chi connectivity index (χ1n) is 8.58. The van der Waals surface area contributed by atoms with Crippen molar-refractivity contribution in [3.63, 3.8) is 0 Å². The first kappa shape index (κ1) is 16.5. The van der Waals surface area contributed by atoms with Gasteiger partial charge in [0.2, 0.25) is 11.9 Å². The number of piperidine rings is 1. The number of rotatable bonds is 5. The fourth-order valence-corrected chi connectivity index (χ4v) is 3.52. The molecule has 1 aromatic heterocycles. The molecule has 5 nitrogen and oxygen atoms in total. The number of halogens is 1. The second-order valence-corrected chi connectivity index (χ2v) is 7.35. The van der Waals surface area contributed by atoms with Crippen molar-refractivity contribution in [2.45, 2.75) is 51.5 Å². The lowest BCUT2D eigenvalue weighted by atomic mass is 9.87. The van der Waals surface area contributed by atoms with Crippen LogP contribution in [0.2, 0.25) is 5.02 Å². The van der Waals surface area contributed by atoms with Gasteiger partial charge >= 0.3 is 0 Å². The van der Waals surface area contributed by atoms with Crippen molar-refractivity contribution in [3.05, 3.63) is 17.4 Å². The maximum Gasteiger partial charge on any atom is 0.225 e. The first-order valence-corrected chi connectivity index (χ1v) is 8.96. The van der Waals surface area contributed by atoms with Crippen LogP contribution in [0.5, 0.6) is 0 Å². The number of carbonyl (C=O) groups is 1. The van der Waals surface area contributed by atoms with Crippen LogP contribution < -0.4 is 10.2 Å². The zero-order chi connectivity index (χ0) is 16.4. The molecule has 1 aromatic rings. The molecule has 126 valence electrons. The van der Waals surface area contributed by atoms with E-state index in [1.54, 1.807) is 12.4 Å². The summed E-state index contributed by atoms with van der Waals surface area (Å²) in [5.74, 6) is 1.64. The van der Waals surface area contributed by atoms with Crippen LogP contribution in [0.3, 0.4) is 0 Å². The smallest absolute Gasteiger partial charge is 0.225 e. The Hall–Kier alpha value is -1.36. The lowest BCUT2D eigenvalue weighted by Gasteiger charge is -2.37. The topological polar surface area (TPSA) is 58.1 Å². The molecule has 0 radical (unpaired) electrons. The van der Waals surface area contributed by atoms with Gasteiger partial charge in [0.15, 0.2) is 0 Å². The molecule has 2 fully saturated rings. The van der Waals surface area contributed by atoms with Crippen molar-refractivity contribution >= 4 is 23.5 Å². The molecule has 1 aliphatic heterocycles. The molecule has 1 amide bonds. The highest BCUT2D eigenvalue weighted by molar-refractivity contribution is 6.30. The molecule has 1 aliphatic carbocycles. The summed E-state index contributed by atoms with van der Waals surface area (Å²) in [4.78, 5) is 23.0. The van der Waals surface area contributed by atoms with Crippen LogP contribution in [0.4, 0.5) is 5.95 Å². The molecule has 2 heterocycles. The highest BCUT2D eigenvalue weighted by Crippen LogP contribution is 2.47. The molecule has 1 saturated heterocycles. The summed E-state index contributed by atoms with van der Waals surface area (Å²) in [6, 6.07) is 0. The zero-order valence-corrected chi connectivity index (χ0v) is 14.6. The van der Waals surface area contributed by atoms with Gasteiger partial charge in [0.05, 0.1) is 17.4 Å². The minimum atomic E-state index is 0.0630. The van der Waals surface area contributed by atoms with Crippen LogP contribution in [-0.4, -0.2) is 34.5 Å². The largest absolute Gasteiger partial charge is 0.350 e. The molecular weight excluding hydrogens is 312 g/mol. The summed E-state index contributed by atoms with van der Waals surface area (Å²) in [6.45, 7) is 5.95. The van der Waals surface area contributed by atoms with Crippen LogP contribution in [0.25, 0.3) is 0 Å². The Labute approximate surface area is 142 Å². The molecule has 23 heavy (non-hydrogen) atoms. The third-order valence-corrected chi connectivity index (χ3v) is 5.58. The molecule has 1 unspecified atom stereocenters. The predicted molar refractivity (Wildman–Crippen MR) is 91.5 cm³/mol. The molecule has 0 aromatic carbocycles. The summed E-state index contributed by atoms with van der Waals surface area (Å²) in [7, 11) is 0. The normalized spacial score (nSPS) is 21.8. The molecule has 6 heteroatoms. The number of aromatic nitrogens is 2. The van der Waals surface area contributed by atoms with E-state index in [0.717, 1.165) is 51.1 Å². The predicted octanol–water partition coefficient (Wildman–Crippen LogP) is 3.04. The van der Waals surface area contributed by atoms with E-state index in [1.807, 2.05) is 6.92 Å². The van der Waals surface area contributed by atoms with Gasteiger partial charge in [-0.25, -0.2) is 9.97 Å². The zero-order valence-electron chi connectivity index (χ0n) is 13.9. The maximum atomic E-state index is 12.2. The maximum absolute atomic E-state index is 12.2. The standard InChI is InChI=1S/C17H25ClN4O/c1-3-12(2)15(23)21-17(6-7-17)13-4-8-22(9-5-13)16-19-10-14(18)11-20-16/h10-13H,3-9H2,1-2H3,(H,21,23).